The normalized spacial score (nSPS) is 11.2. The van der Waals surface area contributed by atoms with Crippen molar-refractivity contribution in [2.24, 2.45) is 5.10 Å². The molecule has 0 saturated heterocycles. The van der Waals surface area contributed by atoms with Crippen molar-refractivity contribution >= 4 is 56.7 Å². The molecule has 1 heterocycles. The van der Waals surface area contributed by atoms with Crippen LogP contribution in [0.5, 0.6) is 5.75 Å². The predicted octanol–water partition coefficient (Wildman–Crippen LogP) is 5.29. The lowest BCUT2D eigenvalue weighted by molar-refractivity contribution is 0.0959. The maximum Gasteiger partial charge on any atom is 0.283 e. The Morgan fingerprint density at radius 2 is 2.04 bits per heavy atom. The first kappa shape index (κ1) is 17.7. The van der Waals surface area contributed by atoms with Gasteiger partial charge in [-0.3, -0.25) is 4.79 Å². The van der Waals surface area contributed by atoms with E-state index in [9.17, 15) is 4.79 Å². The largest absolute Gasteiger partial charge is 0.495 e. The number of rotatable bonds is 4. The molecule has 0 bridgehead atoms. The molecule has 3 aromatic rings. The van der Waals surface area contributed by atoms with Gasteiger partial charge in [0.15, 0.2) is 0 Å². The van der Waals surface area contributed by atoms with Crippen LogP contribution in [0, 0.1) is 6.92 Å². The molecule has 4 nitrogen and oxygen atoms in total. The molecule has 0 aliphatic heterocycles. The third kappa shape index (κ3) is 3.63. The number of carbonyl (C=O) groups is 1. The third-order valence-corrected chi connectivity index (χ3v) is 5.76. The quantitative estimate of drug-likeness (QED) is 0.484. The zero-order valence-corrected chi connectivity index (χ0v) is 15.8. The number of hydrazone groups is 1. The van der Waals surface area contributed by atoms with E-state index < -0.39 is 0 Å². The van der Waals surface area contributed by atoms with Crippen LogP contribution in [-0.2, 0) is 0 Å². The van der Waals surface area contributed by atoms with E-state index in [2.05, 4.69) is 10.5 Å². The first-order valence-corrected chi connectivity index (χ1v) is 8.93. The maximum absolute atomic E-state index is 12.4. The van der Waals surface area contributed by atoms with E-state index in [1.165, 1.54) is 18.4 Å². The number of nitrogens with one attached hydrogen (secondary N) is 1. The third-order valence-electron chi connectivity index (χ3n) is 3.55. The van der Waals surface area contributed by atoms with Gasteiger partial charge in [-0.2, -0.15) is 5.10 Å². The van der Waals surface area contributed by atoms with E-state index in [1.807, 2.05) is 31.2 Å². The zero-order valence-electron chi connectivity index (χ0n) is 13.5. The lowest BCUT2D eigenvalue weighted by atomic mass is 10.2. The summed E-state index contributed by atoms with van der Waals surface area (Å²) in [5, 5.41) is 5.50. The number of amides is 1. The van der Waals surface area contributed by atoms with Crippen molar-refractivity contribution < 1.29 is 9.53 Å². The topological polar surface area (TPSA) is 50.7 Å². The Balaban J connectivity index is 1.85. The number of nitrogens with zero attached hydrogens (tertiary/aromatic N) is 1. The highest BCUT2D eigenvalue weighted by Gasteiger charge is 2.20. The predicted molar refractivity (Wildman–Crippen MR) is 105 cm³/mol. The standard InChI is InChI=1S/C18H14Cl2N2O2S/c1-10-4-3-5-11(8-10)9-21-22-18(23)17-14(19)12-6-7-13(24-2)15(20)16(12)25-17/h3-9H,1-2H3,(H,22,23)/b21-9+. The molecule has 128 valence electrons. The highest BCUT2D eigenvalue weighted by molar-refractivity contribution is 7.22. The van der Waals surface area contributed by atoms with Gasteiger partial charge in [0, 0.05) is 5.39 Å². The second kappa shape index (κ2) is 7.44. The van der Waals surface area contributed by atoms with E-state index in [0.717, 1.165) is 11.1 Å². The van der Waals surface area contributed by atoms with Crippen LogP contribution in [0.3, 0.4) is 0 Å². The van der Waals surface area contributed by atoms with Crippen LogP contribution in [0.2, 0.25) is 10.0 Å². The van der Waals surface area contributed by atoms with Gasteiger partial charge in [0.05, 0.1) is 23.0 Å². The van der Waals surface area contributed by atoms with Crippen LogP contribution in [0.1, 0.15) is 20.8 Å². The van der Waals surface area contributed by atoms with Crippen molar-refractivity contribution in [3.8, 4) is 5.75 Å². The van der Waals surface area contributed by atoms with Crippen LogP contribution >= 0.6 is 34.5 Å². The van der Waals surface area contributed by atoms with Crippen molar-refractivity contribution in [3.05, 3.63) is 62.4 Å². The Kier molecular flexibility index (Phi) is 5.27. The Morgan fingerprint density at radius 3 is 2.76 bits per heavy atom. The number of benzene rings is 2. The number of hydrogen-bond acceptors (Lipinski definition) is 4. The molecule has 0 aliphatic carbocycles. The van der Waals surface area contributed by atoms with E-state index in [4.69, 9.17) is 27.9 Å². The Labute approximate surface area is 159 Å². The van der Waals surface area contributed by atoms with E-state index in [-0.39, 0.29) is 5.91 Å². The van der Waals surface area contributed by atoms with Gasteiger partial charge in [-0.05, 0) is 24.6 Å². The lowest BCUT2D eigenvalue weighted by Crippen LogP contribution is -2.16. The molecule has 1 amide bonds. The molecule has 0 unspecified atom stereocenters. The SMILES string of the molecule is COc1ccc2c(Cl)c(C(=O)N/N=C/c3cccc(C)c3)sc2c1Cl. The van der Waals surface area contributed by atoms with Gasteiger partial charge in [-0.1, -0.05) is 53.0 Å². The molecule has 1 aromatic heterocycles. The molecule has 2 aromatic carbocycles. The molecule has 25 heavy (non-hydrogen) atoms. The number of methoxy groups -OCH3 is 1. The van der Waals surface area contributed by atoms with Crippen molar-refractivity contribution in [2.45, 2.75) is 6.92 Å². The molecule has 0 fully saturated rings. The Bertz CT molecular complexity index is 983. The highest BCUT2D eigenvalue weighted by atomic mass is 35.5. The molecular weight excluding hydrogens is 379 g/mol. The number of aryl methyl sites for hydroxylation is 1. The average Bonchev–Trinajstić information content (AvgIpc) is 2.93. The summed E-state index contributed by atoms with van der Waals surface area (Å²) in [5.74, 6) is 0.154. The second-order valence-electron chi connectivity index (χ2n) is 5.32. The Morgan fingerprint density at radius 1 is 1.24 bits per heavy atom. The van der Waals surface area contributed by atoms with Gasteiger partial charge in [0.1, 0.15) is 15.6 Å². The van der Waals surface area contributed by atoms with Crippen molar-refractivity contribution in [2.75, 3.05) is 7.11 Å². The molecule has 3 rings (SSSR count). The Hall–Kier alpha value is -2.08. The van der Waals surface area contributed by atoms with E-state index in [1.54, 1.807) is 18.3 Å². The van der Waals surface area contributed by atoms with Crippen molar-refractivity contribution in [1.82, 2.24) is 5.43 Å². The molecule has 0 spiro atoms. The summed E-state index contributed by atoms with van der Waals surface area (Å²) in [6.07, 6.45) is 1.59. The number of halogens is 2. The fourth-order valence-electron chi connectivity index (χ4n) is 2.35. The first-order chi connectivity index (χ1) is 12.0. The molecule has 0 saturated carbocycles. The number of carbonyl (C=O) groups excluding carboxylic acids is 1. The number of ether oxygens (including phenoxy) is 1. The minimum Gasteiger partial charge on any atom is -0.495 e. The molecule has 1 N–H and O–H groups in total. The molecular formula is C18H14Cl2N2O2S. The molecule has 0 radical (unpaired) electrons. The van der Waals surface area contributed by atoms with Crippen molar-refractivity contribution in [3.63, 3.8) is 0 Å². The van der Waals surface area contributed by atoms with Gasteiger partial charge >= 0.3 is 0 Å². The van der Waals surface area contributed by atoms with Gasteiger partial charge in [-0.25, -0.2) is 5.43 Å². The number of thiophene rings is 1. The highest BCUT2D eigenvalue weighted by Crippen LogP contribution is 2.42. The average molecular weight is 393 g/mol. The summed E-state index contributed by atoms with van der Waals surface area (Å²) in [4.78, 5) is 12.7. The van der Waals surface area contributed by atoms with Crippen LogP contribution < -0.4 is 10.2 Å². The second-order valence-corrected chi connectivity index (χ2v) is 7.09. The summed E-state index contributed by atoms with van der Waals surface area (Å²) >= 11 is 13.8. The monoisotopic (exact) mass is 392 g/mol. The van der Waals surface area contributed by atoms with E-state index >= 15 is 0 Å². The lowest BCUT2D eigenvalue weighted by Gasteiger charge is -2.02. The van der Waals surface area contributed by atoms with Gasteiger partial charge in [0.25, 0.3) is 5.91 Å². The minimum atomic E-state index is -0.384. The van der Waals surface area contributed by atoms with Crippen molar-refractivity contribution in [1.29, 1.82) is 0 Å². The summed E-state index contributed by atoms with van der Waals surface area (Å²) in [5.41, 5.74) is 4.51. The maximum atomic E-state index is 12.4. The number of fused-ring (bicyclic) bond motifs is 1. The summed E-state index contributed by atoms with van der Waals surface area (Å²) in [6.45, 7) is 1.99. The summed E-state index contributed by atoms with van der Waals surface area (Å²) in [7, 11) is 1.54. The molecule has 0 atom stereocenters. The fourth-order valence-corrected chi connectivity index (χ4v) is 4.14. The smallest absolute Gasteiger partial charge is 0.283 e. The molecule has 0 aliphatic rings. The summed E-state index contributed by atoms with van der Waals surface area (Å²) < 4.78 is 5.90. The molecule has 7 heteroatoms. The fraction of sp³-hybridized carbons (Fsp3) is 0.111. The van der Waals surface area contributed by atoms with E-state index in [0.29, 0.717) is 30.8 Å². The van der Waals surface area contributed by atoms with Gasteiger partial charge < -0.3 is 4.74 Å². The van der Waals surface area contributed by atoms with Crippen LogP contribution in [0.4, 0.5) is 0 Å². The summed E-state index contributed by atoms with van der Waals surface area (Å²) in [6, 6.07) is 11.3. The van der Waals surface area contributed by atoms with Crippen LogP contribution in [-0.4, -0.2) is 19.2 Å². The minimum absolute atomic E-state index is 0.354. The first-order valence-electron chi connectivity index (χ1n) is 7.36. The number of hydrogen-bond donors (Lipinski definition) is 1. The van der Waals surface area contributed by atoms with Crippen LogP contribution in [0.15, 0.2) is 41.5 Å². The van der Waals surface area contributed by atoms with Crippen LogP contribution in [0.25, 0.3) is 10.1 Å². The zero-order chi connectivity index (χ0) is 18.0. The van der Waals surface area contributed by atoms with Gasteiger partial charge in [0.2, 0.25) is 0 Å². The van der Waals surface area contributed by atoms with Gasteiger partial charge in [-0.15, -0.1) is 11.3 Å².